The van der Waals surface area contributed by atoms with Crippen molar-refractivity contribution < 1.29 is 18.6 Å². The largest absolute Gasteiger partial charge is 0.508 e. The van der Waals surface area contributed by atoms with E-state index in [0.29, 0.717) is 5.75 Å². The monoisotopic (exact) mass is 250 g/mol. The number of phenolic OH excluding ortho intramolecular Hbond substituents is 1. The highest BCUT2D eigenvalue weighted by atomic mass is 19.1. The summed E-state index contributed by atoms with van der Waals surface area (Å²) in [4.78, 5) is 0. The van der Waals surface area contributed by atoms with Gasteiger partial charge >= 0.3 is 0 Å². The average Bonchev–Trinajstić information content (AvgIpc) is 2.29. The van der Waals surface area contributed by atoms with Gasteiger partial charge in [0.15, 0.2) is 0 Å². The number of ether oxygens (including phenoxy) is 1. The van der Waals surface area contributed by atoms with E-state index >= 15 is 0 Å². The number of rotatable bonds is 3. The van der Waals surface area contributed by atoms with Gasteiger partial charge in [-0.2, -0.15) is 0 Å². The predicted octanol–water partition coefficient (Wildman–Crippen LogP) is 3.56. The van der Waals surface area contributed by atoms with Crippen LogP contribution in [0.5, 0.6) is 11.5 Å². The summed E-state index contributed by atoms with van der Waals surface area (Å²) in [5, 5.41) is 9.24. The zero-order valence-corrected chi connectivity index (χ0v) is 9.78. The molecule has 1 N–H and O–H groups in total. The maximum absolute atomic E-state index is 13.4. The third kappa shape index (κ3) is 2.97. The lowest BCUT2D eigenvalue weighted by Gasteiger charge is -2.08. The van der Waals surface area contributed by atoms with Crippen LogP contribution in [-0.4, -0.2) is 5.11 Å². The Morgan fingerprint density at radius 1 is 1.11 bits per heavy atom. The highest BCUT2D eigenvalue weighted by Crippen LogP contribution is 2.20. The Bertz CT molecular complexity index is 547. The Hall–Kier alpha value is -2.10. The minimum atomic E-state index is -0.471. The van der Waals surface area contributed by atoms with Crippen LogP contribution >= 0.6 is 0 Å². The summed E-state index contributed by atoms with van der Waals surface area (Å²) in [5.74, 6) is -0.581. The Labute approximate surface area is 103 Å². The first-order valence-electron chi connectivity index (χ1n) is 5.42. The second-order valence-corrected chi connectivity index (χ2v) is 4.03. The lowest BCUT2D eigenvalue weighted by Crippen LogP contribution is -1.99. The maximum atomic E-state index is 13.4. The van der Waals surface area contributed by atoms with Crippen molar-refractivity contribution in [1.29, 1.82) is 0 Å². The number of hydrogen-bond acceptors (Lipinski definition) is 2. The third-order valence-corrected chi connectivity index (χ3v) is 2.44. The molecular weight excluding hydrogens is 238 g/mol. The lowest BCUT2D eigenvalue weighted by molar-refractivity contribution is 0.297. The van der Waals surface area contributed by atoms with Gasteiger partial charge in [-0.05, 0) is 42.8 Å². The van der Waals surface area contributed by atoms with Crippen LogP contribution in [0.4, 0.5) is 8.78 Å². The van der Waals surface area contributed by atoms with Crippen molar-refractivity contribution in [3.63, 3.8) is 0 Å². The van der Waals surface area contributed by atoms with Gasteiger partial charge in [-0.1, -0.05) is 0 Å². The van der Waals surface area contributed by atoms with Gasteiger partial charge in [-0.15, -0.1) is 0 Å². The number of aryl methyl sites for hydroxylation is 1. The highest BCUT2D eigenvalue weighted by molar-refractivity contribution is 5.31. The van der Waals surface area contributed by atoms with E-state index < -0.39 is 11.6 Å². The molecule has 0 amide bonds. The molecule has 2 rings (SSSR count). The van der Waals surface area contributed by atoms with Gasteiger partial charge in [0.2, 0.25) is 0 Å². The molecule has 0 aliphatic heterocycles. The minimum Gasteiger partial charge on any atom is -0.508 e. The van der Waals surface area contributed by atoms with E-state index in [1.54, 1.807) is 13.0 Å². The fraction of sp³-hybridized carbons (Fsp3) is 0.143. The van der Waals surface area contributed by atoms with Crippen LogP contribution in [0.1, 0.15) is 11.1 Å². The van der Waals surface area contributed by atoms with Gasteiger partial charge in [0.25, 0.3) is 0 Å². The normalized spacial score (nSPS) is 10.4. The van der Waals surface area contributed by atoms with Crippen molar-refractivity contribution in [2.75, 3.05) is 0 Å². The minimum absolute atomic E-state index is 0.0366. The summed E-state index contributed by atoms with van der Waals surface area (Å²) in [6.07, 6.45) is 0. The molecule has 0 aliphatic rings. The molecule has 0 saturated carbocycles. The van der Waals surface area contributed by atoms with E-state index in [-0.39, 0.29) is 17.9 Å². The molecule has 18 heavy (non-hydrogen) atoms. The van der Waals surface area contributed by atoms with E-state index in [0.717, 1.165) is 11.6 Å². The molecule has 0 fully saturated rings. The molecule has 0 radical (unpaired) electrons. The van der Waals surface area contributed by atoms with Crippen LogP contribution in [0.25, 0.3) is 0 Å². The predicted molar refractivity (Wildman–Crippen MR) is 63.5 cm³/mol. The van der Waals surface area contributed by atoms with E-state index in [2.05, 4.69) is 0 Å². The Balaban J connectivity index is 2.13. The van der Waals surface area contributed by atoms with Crippen molar-refractivity contribution in [3.05, 3.63) is 59.2 Å². The van der Waals surface area contributed by atoms with Crippen molar-refractivity contribution in [3.8, 4) is 11.5 Å². The number of halogens is 2. The third-order valence-electron chi connectivity index (χ3n) is 2.44. The molecule has 0 heterocycles. The van der Waals surface area contributed by atoms with Gasteiger partial charge in [0.05, 0.1) is 0 Å². The number of phenols is 1. The summed E-state index contributed by atoms with van der Waals surface area (Å²) in [6.45, 7) is 1.67. The first-order chi connectivity index (χ1) is 8.54. The van der Waals surface area contributed by atoms with Crippen LogP contribution in [-0.2, 0) is 6.61 Å². The van der Waals surface area contributed by atoms with Gasteiger partial charge in [0, 0.05) is 11.6 Å². The zero-order valence-electron chi connectivity index (χ0n) is 9.78. The molecular formula is C14H12F2O2. The molecule has 0 bridgehead atoms. The number of hydrogen-bond donors (Lipinski definition) is 1. The Morgan fingerprint density at radius 2 is 1.89 bits per heavy atom. The number of benzene rings is 2. The van der Waals surface area contributed by atoms with Gasteiger partial charge in [0.1, 0.15) is 29.7 Å². The highest BCUT2D eigenvalue weighted by Gasteiger charge is 2.05. The second kappa shape index (κ2) is 5.04. The quantitative estimate of drug-likeness (QED) is 0.902. The molecule has 2 aromatic rings. The topological polar surface area (TPSA) is 29.5 Å². The van der Waals surface area contributed by atoms with Crippen molar-refractivity contribution >= 4 is 0 Å². The van der Waals surface area contributed by atoms with Crippen LogP contribution in [0, 0.1) is 18.6 Å². The van der Waals surface area contributed by atoms with Crippen molar-refractivity contribution in [2.24, 2.45) is 0 Å². The molecule has 0 atom stereocenters. The Morgan fingerprint density at radius 3 is 2.61 bits per heavy atom. The van der Waals surface area contributed by atoms with E-state index in [9.17, 15) is 13.9 Å². The molecule has 0 unspecified atom stereocenters. The fourth-order valence-electron chi connectivity index (χ4n) is 1.62. The second-order valence-electron chi connectivity index (χ2n) is 4.03. The summed E-state index contributed by atoms with van der Waals surface area (Å²) in [7, 11) is 0. The van der Waals surface area contributed by atoms with E-state index in [1.807, 2.05) is 0 Å². The molecule has 2 aromatic carbocycles. The number of aromatic hydroxyl groups is 1. The van der Waals surface area contributed by atoms with Crippen LogP contribution in [0.15, 0.2) is 36.4 Å². The maximum Gasteiger partial charge on any atom is 0.130 e. The van der Waals surface area contributed by atoms with E-state index in [4.69, 9.17) is 4.74 Å². The smallest absolute Gasteiger partial charge is 0.130 e. The van der Waals surface area contributed by atoms with Crippen LogP contribution < -0.4 is 4.74 Å². The fourth-order valence-corrected chi connectivity index (χ4v) is 1.62. The standard InChI is InChI=1S/C14H12F2O2/c1-9-4-11(15)7-13(5-9)18-8-10-6-12(17)2-3-14(10)16/h2-7,17H,8H2,1H3. The van der Waals surface area contributed by atoms with Gasteiger partial charge in [-0.3, -0.25) is 0 Å². The van der Waals surface area contributed by atoms with Gasteiger partial charge in [-0.25, -0.2) is 8.78 Å². The average molecular weight is 250 g/mol. The summed E-state index contributed by atoms with van der Waals surface area (Å²) >= 11 is 0. The van der Waals surface area contributed by atoms with Crippen LogP contribution in [0.3, 0.4) is 0 Å². The first-order valence-corrected chi connectivity index (χ1v) is 5.42. The molecule has 0 aliphatic carbocycles. The molecule has 4 heteroatoms. The van der Waals surface area contributed by atoms with Crippen LogP contribution in [0.2, 0.25) is 0 Å². The lowest BCUT2D eigenvalue weighted by atomic mass is 10.2. The summed E-state index contributed by atoms with van der Waals surface area (Å²) in [5.41, 5.74) is 0.943. The molecule has 0 spiro atoms. The molecule has 0 saturated heterocycles. The Kier molecular flexibility index (Phi) is 3.46. The molecule has 94 valence electrons. The van der Waals surface area contributed by atoms with Crippen molar-refractivity contribution in [1.82, 2.24) is 0 Å². The SMILES string of the molecule is Cc1cc(F)cc(OCc2cc(O)ccc2F)c1. The molecule has 2 nitrogen and oxygen atoms in total. The summed E-state index contributed by atoms with van der Waals surface area (Å²) < 4.78 is 31.8. The van der Waals surface area contributed by atoms with Gasteiger partial charge < -0.3 is 9.84 Å². The summed E-state index contributed by atoms with van der Waals surface area (Å²) in [6, 6.07) is 7.96. The molecule has 0 aromatic heterocycles. The van der Waals surface area contributed by atoms with Crippen molar-refractivity contribution in [2.45, 2.75) is 13.5 Å². The van der Waals surface area contributed by atoms with E-state index in [1.165, 1.54) is 24.3 Å². The zero-order chi connectivity index (χ0) is 13.1. The first kappa shape index (κ1) is 12.4.